The normalized spacial score (nSPS) is 17.6. The number of hydrogen-bond donors (Lipinski definition) is 2. The maximum absolute atomic E-state index is 13.3. The van der Waals surface area contributed by atoms with Gasteiger partial charge in [-0.15, -0.1) is 0 Å². The predicted molar refractivity (Wildman–Crippen MR) is 165 cm³/mol. The molecule has 3 amide bonds. The molecule has 0 fully saturated rings. The Morgan fingerprint density at radius 2 is 1.91 bits per heavy atom. The highest BCUT2D eigenvalue weighted by Crippen LogP contribution is 2.41. The van der Waals surface area contributed by atoms with Crippen LogP contribution in [-0.2, 0) is 27.9 Å². The number of carbonyl (C=O) groups is 3. The molecule has 6 bridgehead atoms. The summed E-state index contributed by atoms with van der Waals surface area (Å²) in [6.45, 7) is 5.28. The zero-order valence-corrected chi connectivity index (χ0v) is 25.9. The van der Waals surface area contributed by atoms with Gasteiger partial charge >= 0.3 is 0 Å². The Kier molecular flexibility index (Phi) is 9.72. The summed E-state index contributed by atoms with van der Waals surface area (Å²) < 4.78 is 19.4. The van der Waals surface area contributed by atoms with Crippen molar-refractivity contribution in [2.24, 2.45) is 7.05 Å². The minimum Gasteiger partial charge on any atom is -0.493 e. The third-order valence-corrected chi connectivity index (χ3v) is 8.36. The summed E-state index contributed by atoms with van der Waals surface area (Å²) in [4.78, 5) is 40.5. The summed E-state index contributed by atoms with van der Waals surface area (Å²) in [6.07, 6.45) is 2.50. The molecule has 0 saturated carbocycles. The topological polar surface area (TPSA) is 124 Å². The Bertz CT molecular complexity index is 1530. The molecule has 0 spiro atoms. The molecule has 3 aliphatic rings. The number of nitrogens with zero attached hydrogens (tertiary/aromatic N) is 3. The molecule has 3 aliphatic heterocycles. The zero-order chi connectivity index (χ0) is 31.2. The molecule has 0 radical (unpaired) electrons. The van der Waals surface area contributed by atoms with Crippen molar-refractivity contribution < 1.29 is 28.6 Å². The number of benzene rings is 2. The highest BCUT2D eigenvalue weighted by atomic mass is 16.5. The van der Waals surface area contributed by atoms with Gasteiger partial charge in [0.1, 0.15) is 12.4 Å². The molecule has 44 heavy (non-hydrogen) atoms. The molecule has 4 heterocycles. The first kappa shape index (κ1) is 30.9. The van der Waals surface area contributed by atoms with Gasteiger partial charge in [0.2, 0.25) is 17.7 Å². The number of amides is 3. The molecule has 11 heteroatoms. The summed E-state index contributed by atoms with van der Waals surface area (Å²) in [6, 6.07) is 11.4. The number of nitrogens with one attached hydrogen (secondary N) is 2. The molecule has 2 aromatic carbocycles. The second-order valence-corrected chi connectivity index (χ2v) is 11.3. The minimum absolute atomic E-state index is 0.0349. The highest BCUT2D eigenvalue weighted by Gasteiger charge is 2.28. The van der Waals surface area contributed by atoms with Crippen LogP contribution in [0.15, 0.2) is 36.4 Å². The van der Waals surface area contributed by atoms with Crippen LogP contribution in [0.4, 0.5) is 5.69 Å². The number of anilines is 1. The number of carbonyl (C=O) groups excluding carboxylic acids is 3. The molecule has 1 atom stereocenters. The Labute approximate surface area is 257 Å². The van der Waals surface area contributed by atoms with Gasteiger partial charge in [0.15, 0.2) is 11.5 Å². The van der Waals surface area contributed by atoms with E-state index < -0.39 is 0 Å². The van der Waals surface area contributed by atoms with Gasteiger partial charge in [-0.3, -0.25) is 19.1 Å². The summed E-state index contributed by atoms with van der Waals surface area (Å²) >= 11 is 0. The zero-order valence-electron chi connectivity index (χ0n) is 25.9. The number of methoxy groups -OCH3 is 1. The fraction of sp³-hybridized carbons (Fsp3) is 0.455. The largest absolute Gasteiger partial charge is 0.493 e. The first-order valence-electron chi connectivity index (χ1n) is 15.1. The van der Waals surface area contributed by atoms with Crippen LogP contribution in [0, 0.1) is 13.8 Å². The molecule has 11 nitrogen and oxygen atoms in total. The van der Waals surface area contributed by atoms with Gasteiger partial charge in [-0.25, -0.2) is 0 Å². The average Bonchev–Trinajstić information content (AvgIpc) is 3.25. The monoisotopic (exact) mass is 603 g/mol. The number of hydrogen-bond acceptors (Lipinski definition) is 7. The number of aromatic nitrogens is 2. The molecule has 234 valence electrons. The molecule has 0 aliphatic carbocycles. The van der Waals surface area contributed by atoms with Crippen molar-refractivity contribution >= 4 is 23.4 Å². The summed E-state index contributed by atoms with van der Waals surface area (Å²) in [5.74, 6) is 1.25. The third kappa shape index (κ3) is 7.15. The summed E-state index contributed by atoms with van der Waals surface area (Å²) in [5, 5.41) is 10.3. The van der Waals surface area contributed by atoms with Crippen LogP contribution in [0.2, 0.25) is 0 Å². The van der Waals surface area contributed by atoms with Crippen LogP contribution in [0.5, 0.6) is 17.2 Å². The lowest BCUT2D eigenvalue weighted by atomic mass is 9.84. The van der Waals surface area contributed by atoms with Crippen molar-refractivity contribution in [1.29, 1.82) is 0 Å². The maximum atomic E-state index is 13.3. The van der Waals surface area contributed by atoms with Crippen LogP contribution in [-0.4, -0.2) is 72.4 Å². The van der Waals surface area contributed by atoms with E-state index in [9.17, 15) is 14.4 Å². The molecular formula is C33H41N5O6. The van der Waals surface area contributed by atoms with Gasteiger partial charge in [-0.05, 0) is 68.0 Å². The van der Waals surface area contributed by atoms with Crippen molar-refractivity contribution in [2.75, 3.05) is 45.3 Å². The van der Waals surface area contributed by atoms with Gasteiger partial charge in [-0.2, -0.15) is 5.10 Å². The first-order valence-corrected chi connectivity index (χ1v) is 15.1. The summed E-state index contributed by atoms with van der Waals surface area (Å²) in [5.41, 5.74) is 5.68. The van der Waals surface area contributed by atoms with Crippen molar-refractivity contribution in [3.63, 3.8) is 0 Å². The van der Waals surface area contributed by atoms with Crippen molar-refractivity contribution in [1.82, 2.24) is 20.0 Å². The van der Waals surface area contributed by atoms with E-state index in [1.54, 1.807) is 12.0 Å². The second-order valence-electron chi connectivity index (χ2n) is 11.3. The molecule has 1 unspecified atom stereocenters. The lowest BCUT2D eigenvalue weighted by Crippen LogP contribution is -2.42. The predicted octanol–water partition coefficient (Wildman–Crippen LogP) is 3.65. The fourth-order valence-electron chi connectivity index (χ4n) is 5.89. The number of rotatable bonds is 4. The Morgan fingerprint density at radius 3 is 2.68 bits per heavy atom. The van der Waals surface area contributed by atoms with E-state index in [4.69, 9.17) is 14.2 Å². The van der Waals surface area contributed by atoms with Gasteiger partial charge < -0.3 is 29.7 Å². The lowest BCUT2D eigenvalue weighted by molar-refractivity contribution is -0.136. The van der Waals surface area contributed by atoms with Gasteiger partial charge in [0.25, 0.3) is 0 Å². The van der Waals surface area contributed by atoms with Gasteiger partial charge in [-0.1, -0.05) is 12.1 Å². The van der Waals surface area contributed by atoms with E-state index in [1.807, 2.05) is 62.0 Å². The van der Waals surface area contributed by atoms with E-state index in [0.29, 0.717) is 68.2 Å². The second kappa shape index (κ2) is 13.8. The molecule has 3 aromatic rings. The van der Waals surface area contributed by atoms with Crippen molar-refractivity contribution in [3.05, 3.63) is 64.5 Å². The maximum Gasteiger partial charge on any atom is 0.239 e. The standard InChI is InChI=1S/C33H41N5O6/c1-21-25(22(2)37(3)36-21)10-12-33(41)38-14-5-6-15-44-30-17-23(7-11-29(30)42-4)27-19-31(39)35-28-18-24(8-9-26(27)28)43-16-13-34-32(40)20-38/h7-9,11,17-18,27H,5-6,10,12-16,19-20H2,1-4H3,(H,34,40)(H,35,39). The SMILES string of the molecule is COc1ccc2cc1OCCCCN(C(=O)CCc1c(C)nn(C)c1C)CC(=O)NCCOc1ccc3c(c1)NC(=O)CC23. The van der Waals surface area contributed by atoms with Crippen molar-refractivity contribution in [3.8, 4) is 17.2 Å². The average molecular weight is 604 g/mol. The van der Waals surface area contributed by atoms with E-state index in [2.05, 4.69) is 15.7 Å². The molecule has 1 aromatic heterocycles. The Morgan fingerprint density at radius 1 is 1.07 bits per heavy atom. The smallest absolute Gasteiger partial charge is 0.239 e. The minimum atomic E-state index is -0.247. The summed E-state index contributed by atoms with van der Waals surface area (Å²) in [7, 11) is 3.49. The molecule has 6 rings (SSSR count). The molecular weight excluding hydrogens is 562 g/mol. The molecule has 2 N–H and O–H groups in total. The van der Waals surface area contributed by atoms with E-state index >= 15 is 0 Å². The van der Waals surface area contributed by atoms with E-state index in [-0.39, 0.29) is 43.3 Å². The van der Waals surface area contributed by atoms with Gasteiger partial charge in [0.05, 0.1) is 32.5 Å². The third-order valence-electron chi connectivity index (χ3n) is 8.36. The quantitative estimate of drug-likeness (QED) is 0.437. The van der Waals surface area contributed by atoms with Crippen LogP contribution in [0.1, 0.15) is 59.7 Å². The van der Waals surface area contributed by atoms with Crippen LogP contribution < -0.4 is 24.8 Å². The lowest BCUT2D eigenvalue weighted by Gasteiger charge is -2.27. The Hall–Kier alpha value is -4.54. The van der Waals surface area contributed by atoms with Crippen LogP contribution in [0.3, 0.4) is 0 Å². The van der Waals surface area contributed by atoms with Crippen molar-refractivity contribution in [2.45, 2.75) is 51.9 Å². The number of fused-ring (bicyclic) bond motifs is 12. The molecule has 0 saturated heterocycles. The van der Waals surface area contributed by atoms with E-state index in [0.717, 1.165) is 28.1 Å². The van der Waals surface area contributed by atoms with Gasteiger partial charge in [0, 0.05) is 49.8 Å². The fourth-order valence-corrected chi connectivity index (χ4v) is 5.89. The number of aryl methyl sites for hydroxylation is 2. The van der Waals surface area contributed by atoms with Crippen LogP contribution >= 0.6 is 0 Å². The first-order chi connectivity index (χ1) is 21.2. The Balaban J connectivity index is 1.33. The number of ether oxygens (including phenoxy) is 3. The van der Waals surface area contributed by atoms with Crippen LogP contribution in [0.25, 0.3) is 0 Å². The highest BCUT2D eigenvalue weighted by molar-refractivity contribution is 5.95. The van der Waals surface area contributed by atoms with E-state index in [1.165, 1.54) is 0 Å².